The van der Waals surface area contributed by atoms with Crippen molar-refractivity contribution in [2.45, 2.75) is 6.04 Å². The molecule has 2 aromatic rings. The lowest BCUT2D eigenvalue weighted by Crippen LogP contribution is -2.21. The van der Waals surface area contributed by atoms with E-state index in [-0.39, 0.29) is 5.69 Å². The summed E-state index contributed by atoms with van der Waals surface area (Å²) < 4.78 is 0. The first-order valence-corrected chi connectivity index (χ1v) is 6.37. The molecule has 0 bridgehead atoms. The number of carbonyl (C=O) groups is 1. The van der Waals surface area contributed by atoms with Crippen LogP contribution >= 0.6 is 0 Å². The lowest BCUT2D eigenvalue weighted by atomic mass is 10.1. The molecule has 0 saturated heterocycles. The third-order valence-corrected chi connectivity index (χ3v) is 3.07. The summed E-state index contributed by atoms with van der Waals surface area (Å²) in [5.41, 5.74) is -0.736. The second kappa shape index (κ2) is 6.52. The number of nitrogens with zero attached hydrogens (tertiary/aromatic N) is 2. The van der Waals surface area contributed by atoms with Crippen LogP contribution in [0.5, 0.6) is 0 Å². The molecule has 0 spiro atoms. The van der Waals surface area contributed by atoms with Gasteiger partial charge in [0.05, 0.1) is 15.9 Å². The minimum absolute atomic E-state index is 0.114. The molecule has 9 heteroatoms. The number of nitro benzene ring substituents is 2. The summed E-state index contributed by atoms with van der Waals surface area (Å²) in [4.78, 5) is 31.6. The van der Waals surface area contributed by atoms with Crippen molar-refractivity contribution in [2.75, 3.05) is 5.32 Å². The number of benzene rings is 2. The first-order chi connectivity index (χ1) is 10.9. The zero-order chi connectivity index (χ0) is 17.0. The van der Waals surface area contributed by atoms with Crippen LogP contribution in [0.3, 0.4) is 0 Å². The van der Waals surface area contributed by atoms with Crippen LogP contribution in [0.1, 0.15) is 11.6 Å². The van der Waals surface area contributed by atoms with Crippen molar-refractivity contribution in [3.05, 3.63) is 74.3 Å². The summed E-state index contributed by atoms with van der Waals surface area (Å²) in [6, 6.07) is 9.84. The molecular weight excluding hydrogens is 306 g/mol. The van der Waals surface area contributed by atoms with Gasteiger partial charge in [-0.3, -0.25) is 20.2 Å². The minimum atomic E-state index is -1.23. The Balaban J connectivity index is 2.42. The summed E-state index contributed by atoms with van der Waals surface area (Å²) in [6.07, 6.45) is 0. The number of anilines is 1. The second-order valence-electron chi connectivity index (χ2n) is 4.54. The van der Waals surface area contributed by atoms with Gasteiger partial charge in [0, 0.05) is 6.07 Å². The fourth-order valence-electron chi connectivity index (χ4n) is 2.00. The van der Waals surface area contributed by atoms with Gasteiger partial charge in [-0.25, -0.2) is 4.79 Å². The van der Waals surface area contributed by atoms with Crippen molar-refractivity contribution >= 4 is 23.0 Å². The van der Waals surface area contributed by atoms with Crippen molar-refractivity contribution in [1.29, 1.82) is 0 Å². The van der Waals surface area contributed by atoms with Gasteiger partial charge < -0.3 is 10.4 Å². The molecule has 1 atom stereocenters. The van der Waals surface area contributed by atoms with Crippen molar-refractivity contribution < 1.29 is 19.7 Å². The summed E-state index contributed by atoms with van der Waals surface area (Å²) in [5, 5.41) is 33.7. The number of aliphatic carboxylic acids is 1. The predicted octanol–water partition coefficient (Wildman–Crippen LogP) is 2.74. The van der Waals surface area contributed by atoms with Gasteiger partial charge >= 0.3 is 5.97 Å². The predicted molar refractivity (Wildman–Crippen MR) is 80.2 cm³/mol. The van der Waals surface area contributed by atoms with Crippen LogP contribution in [0, 0.1) is 20.2 Å². The maximum Gasteiger partial charge on any atom is 0.330 e. The summed E-state index contributed by atoms with van der Waals surface area (Å²) >= 11 is 0. The molecule has 2 rings (SSSR count). The van der Waals surface area contributed by atoms with E-state index in [2.05, 4.69) is 5.32 Å². The van der Waals surface area contributed by atoms with E-state index in [4.69, 9.17) is 0 Å². The fourth-order valence-corrected chi connectivity index (χ4v) is 2.00. The Bertz CT molecular complexity index is 762. The molecule has 0 fully saturated rings. The Morgan fingerprint density at radius 3 is 2.22 bits per heavy atom. The number of nitrogens with one attached hydrogen (secondary N) is 1. The number of carboxylic acids is 1. The molecule has 0 aliphatic heterocycles. The highest BCUT2D eigenvalue weighted by molar-refractivity contribution is 5.81. The van der Waals surface area contributed by atoms with E-state index in [9.17, 15) is 30.1 Å². The molecular formula is C14H11N3O6. The van der Waals surface area contributed by atoms with E-state index in [1.54, 1.807) is 30.3 Å². The minimum Gasteiger partial charge on any atom is -0.479 e. The molecule has 0 aliphatic carbocycles. The Morgan fingerprint density at radius 2 is 1.70 bits per heavy atom. The fraction of sp³-hybridized carbons (Fsp3) is 0.0714. The number of hydrogen-bond donors (Lipinski definition) is 2. The highest BCUT2D eigenvalue weighted by Crippen LogP contribution is 2.31. The van der Waals surface area contributed by atoms with Crippen LogP contribution in [0.4, 0.5) is 17.1 Å². The molecule has 0 amide bonds. The van der Waals surface area contributed by atoms with Crippen LogP contribution < -0.4 is 5.32 Å². The summed E-state index contributed by atoms with van der Waals surface area (Å²) in [6.45, 7) is 0. The third-order valence-electron chi connectivity index (χ3n) is 3.07. The Hall–Kier alpha value is -3.49. The van der Waals surface area contributed by atoms with Gasteiger partial charge in [-0.1, -0.05) is 30.3 Å². The Labute approximate surface area is 129 Å². The average Bonchev–Trinajstić information content (AvgIpc) is 2.52. The summed E-state index contributed by atoms with van der Waals surface area (Å²) in [5.74, 6) is -1.23. The second-order valence-corrected chi connectivity index (χ2v) is 4.54. The number of non-ortho nitro benzene ring substituents is 1. The molecule has 0 aliphatic rings. The van der Waals surface area contributed by atoms with Crippen LogP contribution in [0.2, 0.25) is 0 Å². The van der Waals surface area contributed by atoms with Crippen molar-refractivity contribution in [2.24, 2.45) is 0 Å². The number of rotatable bonds is 6. The molecule has 23 heavy (non-hydrogen) atoms. The zero-order valence-corrected chi connectivity index (χ0v) is 11.6. The van der Waals surface area contributed by atoms with Crippen LogP contribution in [-0.4, -0.2) is 20.9 Å². The first-order valence-electron chi connectivity index (χ1n) is 6.37. The Morgan fingerprint density at radius 1 is 1.04 bits per heavy atom. The van der Waals surface area contributed by atoms with Crippen molar-refractivity contribution in [3.8, 4) is 0 Å². The first kappa shape index (κ1) is 15.9. The summed E-state index contributed by atoms with van der Waals surface area (Å²) in [7, 11) is 0. The maximum atomic E-state index is 11.4. The molecule has 2 aromatic carbocycles. The molecule has 0 aromatic heterocycles. The van der Waals surface area contributed by atoms with E-state index < -0.39 is 33.2 Å². The average molecular weight is 317 g/mol. The van der Waals surface area contributed by atoms with Crippen LogP contribution in [0.15, 0.2) is 48.5 Å². The van der Waals surface area contributed by atoms with Gasteiger partial charge in [0.1, 0.15) is 5.69 Å². The molecule has 1 unspecified atom stereocenters. The number of hydrogen-bond acceptors (Lipinski definition) is 6. The van der Waals surface area contributed by atoms with Gasteiger partial charge in [-0.15, -0.1) is 0 Å². The molecule has 0 radical (unpaired) electrons. The SMILES string of the molecule is O=C(O)C(Nc1ccc([N+](=O)[O-])cc1[N+](=O)[O-])c1ccccc1. The topological polar surface area (TPSA) is 136 Å². The maximum absolute atomic E-state index is 11.4. The van der Waals surface area contributed by atoms with Gasteiger partial charge in [0.25, 0.3) is 11.4 Å². The monoisotopic (exact) mass is 317 g/mol. The normalized spacial score (nSPS) is 11.5. The molecule has 118 valence electrons. The van der Waals surface area contributed by atoms with Gasteiger partial charge in [-0.05, 0) is 11.6 Å². The third kappa shape index (κ3) is 3.59. The van der Waals surface area contributed by atoms with Gasteiger partial charge in [0.2, 0.25) is 0 Å². The lowest BCUT2D eigenvalue weighted by molar-refractivity contribution is -0.393. The largest absolute Gasteiger partial charge is 0.479 e. The highest BCUT2D eigenvalue weighted by Gasteiger charge is 2.25. The van der Waals surface area contributed by atoms with E-state index in [0.717, 1.165) is 18.2 Å². The quantitative estimate of drug-likeness (QED) is 0.617. The van der Waals surface area contributed by atoms with Crippen LogP contribution in [0.25, 0.3) is 0 Å². The molecule has 9 nitrogen and oxygen atoms in total. The van der Waals surface area contributed by atoms with Crippen molar-refractivity contribution in [1.82, 2.24) is 0 Å². The lowest BCUT2D eigenvalue weighted by Gasteiger charge is -2.16. The number of nitro groups is 2. The Kier molecular flexibility index (Phi) is 4.50. The zero-order valence-electron chi connectivity index (χ0n) is 11.6. The standard InChI is InChI=1S/C14H11N3O6/c18-14(19)13(9-4-2-1-3-5-9)15-11-7-6-10(16(20)21)8-12(11)17(22)23/h1-8,13,15H,(H,18,19). The van der Waals surface area contributed by atoms with E-state index in [1.165, 1.54) is 0 Å². The molecule has 0 heterocycles. The smallest absolute Gasteiger partial charge is 0.330 e. The van der Waals surface area contributed by atoms with Crippen molar-refractivity contribution in [3.63, 3.8) is 0 Å². The van der Waals surface area contributed by atoms with E-state index in [0.29, 0.717) is 5.56 Å². The molecule has 0 saturated carbocycles. The highest BCUT2D eigenvalue weighted by atomic mass is 16.6. The van der Waals surface area contributed by atoms with Crippen LogP contribution in [-0.2, 0) is 4.79 Å². The number of carboxylic acid groups (broad SMARTS) is 1. The van der Waals surface area contributed by atoms with E-state index in [1.807, 2.05) is 0 Å². The van der Waals surface area contributed by atoms with Gasteiger partial charge in [0.15, 0.2) is 6.04 Å². The van der Waals surface area contributed by atoms with E-state index >= 15 is 0 Å². The molecule has 2 N–H and O–H groups in total. The van der Waals surface area contributed by atoms with Gasteiger partial charge in [-0.2, -0.15) is 0 Å².